The van der Waals surface area contributed by atoms with Crippen LogP contribution in [0.2, 0.25) is 0 Å². The van der Waals surface area contributed by atoms with Crippen molar-refractivity contribution in [3.8, 4) is 5.95 Å². The number of rotatable bonds is 9. The lowest BCUT2D eigenvalue weighted by Crippen LogP contribution is -2.41. The molecule has 1 aliphatic heterocycles. The van der Waals surface area contributed by atoms with Crippen molar-refractivity contribution in [1.29, 1.82) is 0 Å². The fourth-order valence-electron chi connectivity index (χ4n) is 3.34. The van der Waals surface area contributed by atoms with E-state index in [0.717, 1.165) is 30.3 Å². The average molecular weight is 524 g/mol. The third-order valence-corrected chi connectivity index (χ3v) is 4.74. The molecule has 3 heterocycles. The van der Waals surface area contributed by atoms with E-state index in [4.69, 9.17) is 28.4 Å². The summed E-state index contributed by atoms with van der Waals surface area (Å²) in [4.78, 5) is 62.7. The van der Waals surface area contributed by atoms with E-state index in [1.807, 2.05) is 0 Å². The Morgan fingerprint density at radius 2 is 1.59 bits per heavy atom. The zero-order chi connectivity index (χ0) is 27.3. The molecule has 4 atom stereocenters. The first-order valence-corrected chi connectivity index (χ1v) is 10.7. The van der Waals surface area contributed by atoms with E-state index in [0.29, 0.717) is 0 Å². The van der Waals surface area contributed by atoms with Crippen molar-refractivity contribution in [2.75, 3.05) is 13.7 Å². The number of aromatic nitrogens is 6. The quantitative estimate of drug-likeness (QED) is 0.286. The number of hydrogen-bond donors (Lipinski definition) is 0. The summed E-state index contributed by atoms with van der Waals surface area (Å²) in [7, 11) is 1.11. The largest absolute Gasteiger partial charge is 0.463 e. The minimum absolute atomic E-state index is 0.165. The van der Waals surface area contributed by atoms with Gasteiger partial charge in [0.2, 0.25) is 5.82 Å². The summed E-state index contributed by atoms with van der Waals surface area (Å²) in [6, 6.07) is 0. The zero-order valence-corrected chi connectivity index (χ0v) is 20.5. The Morgan fingerprint density at radius 1 is 0.946 bits per heavy atom. The SMILES string of the molecule is COC(=O)c1nc(-n2cc(COC(C)=O)nn2)nn1[C@@H]1O[C@H](COC(C)=O)[C@@H](OC(C)=O)[C@H]1OC(C)=O. The summed E-state index contributed by atoms with van der Waals surface area (Å²) in [6.45, 7) is 4.13. The van der Waals surface area contributed by atoms with Crippen molar-refractivity contribution in [1.82, 2.24) is 29.8 Å². The Kier molecular flexibility index (Phi) is 8.49. The van der Waals surface area contributed by atoms with E-state index in [2.05, 4.69) is 20.4 Å². The number of carbonyl (C=O) groups excluding carboxylic acids is 5. The van der Waals surface area contributed by atoms with Crippen LogP contribution in [0.1, 0.15) is 50.2 Å². The van der Waals surface area contributed by atoms with Crippen molar-refractivity contribution in [3.05, 3.63) is 17.7 Å². The Bertz CT molecular complexity index is 1190. The minimum Gasteiger partial charge on any atom is -0.463 e. The van der Waals surface area contributed by atoms with E-state index in [9.17, 15) is 24.0 Å². The number of esters is 5. The van der Waals surface area contributed by atoms with Gasteiger partial charge in [-0.05, 0) is 0 Å². The molecule has 1 fully saturated rings. The van der Waals surface area contributed by atoms with Gasteiger partial charge in [0.15, 0.2) is 18.4 Å². The molecule has 0 saturated carbocycles. The lowest BCUT2D eigenvalue weighted by Gasteiger charge is -2.23. The Morgan fingerprint density at radius 3 is 2.19 bits per heavy atom. The first kappa shape index (κ1) is 27.2. The average Bonchev–Trinajstić information content (AvgIpc) is 3.53. The number of methoxy groups -OCH3 is 1. The van der Waals surface area contributed by atoms with Gasteiger partial charge in [0.05, 0.1) is 13.3 Å². The van der Waals surface area contributed by atoms with Crippen LogP contribution in [0, 0.1) is 0 Å². The van der Waals surface area contributed by atoms with E-state index in [1.54, 1.807) is 0 Å². The second-order valence-electron chi connectivity index (χ2n) is 7.62. The van der Waals surface area contributed by atoms with Gasteiger partial charge in [0, 0.05) is 27.7 Å². The minimum atomic E-state index is -1.37. The Labute approximate surface area is 208 Å². The predicted octanol–water partition coefficient (Wildman–Crippen LogP) is -0.968. The van der Waals surface area contributed by atoms with Gasteiger partial charge in [-0.25, -0.2) is 9.48 Å². The van der Waals surface area contributed by atoms with Crippen molar-refractivity contribution < 1.29 is 52.4 Å². The summed E-state index contributed by atoms with van der Waals surface area (Å²) in [5.74, 6) is -4.12. The van der Waals surface area contributed by atoms with Crippen molar-refractivity contribution in [3.63, 3.8) is 0 Å². The van der Waals surface area contributed by atoms with Gasteiger partial charge in [-0.3, -0.25) is 19.2 Å². The fourth-order valence-corrected chi connectivity index (χ4v) is 3.34. The second kappa shape index (κ2) is 11.5. The highest BCUT2D eigenvalue weighted by Gasteiger charge is 2.52. The van der Waals surface area contributed by atoms with Crippen LogP contribution in [-0.4, -0.2) is 91.6 Å². The molecule has 3 rings (SSSR count). The second-order valence-corrected chi connectivity index (χ2v) is 7.62. The van der Waals surface area contributed by atoms with Crippen molar-refractivity contribution in [2.24, 2.45) is 0 Å². The Balaban J connectivity index is 2.03. The third-order valence-electron chi connectivity index (χ3n) is 4.74. The molecule has 0 aliphatic carbocycles. The molecule has 2 aromatic heterocycles. The maximum atomic E-state index is 12.5. The first-order valence-electron chi connectivity index (χ1n) is 10.7. The van der Waals surface area contributed by atoms with Crippen LogP contribution in [0.25, 0.3) is 5.95 Å². The molecule has 0 aromatic carbocycles. The molecule has 1 saturated heterocycles. The Hall–Kier alpha value is -4.41. The van der Waals surface area contributed by atoms with Gasteiger partial charge >= 0.3 is 29.8 Å². The highest BCUT2D eigenvalue weighted by Crippen LogP contribution is 2.35. The van der Waals surface area contributed by atoms with Crippen molar-refractivity contribution >= 4 is 29.8 Å². The van der Waals surface area contributed by atoms with E-state index >= 15 is 0 Å². The van der Waals surface area contributed by atoms with Crippen LogP contribution in [-0.2, 0) is 54.2 Å². The summed E-state index contributed by atoms with van der Waals surface area (Å²) >= 11 is 0. The molecule has 0 unspecified atom stereocenters. The normalized spacial score (nSPS) is 20.7. The van der Waals surface area contributed by atoms with Gasteiger partial charge in [-0.1, -0.05) is 5.21 Å². The first-order chi connectivity index (χ1) is 17.5. The molecule has 17 heteroatoms. The van der Waals surface area contributed by atoms with Crippen LogP contribution in [0.15, 0.2) is 6.20 Å². The number of nitrogens with zero attached hydrogens (tertiary/aromatic N) is 6. The van der Waals surface area contributed by atoms with Gasteiger partial charge in [0.25, 0.3) is 5.95 Å². The van der Waals surface area contributed by atoms with Crippen LogP contribution in [0.3, 0.4) is 0 Å². The molecule has 37 heavy (non-hydrogen) atoms. The number of hydrogen-bond acceptors (Lipinski definition) is 15. The summed E-state index contributed by atoms with van der Waals surface area (Å²) in [5, 5.41) is 11.9. The molecule has 200 valence electrons. The molecular weight excluding hydrogens is 500 g/mol. The lowest BCUT2D eigenvalue weighted by atomic mass is 10.1. The molecular formula is C20H24N6O11. The summed E-state index contributed by atoms with van der Waals surface area (Å²) < 4.78 is 33.3. The topological polar surface area (TPSA) is 202 Å². The molecule has 2 aromatic rings. The predicted molar refractivity (Wildman–Crippen MR) is 113 cm³/mol. The summed E-state index contributed by atoms with van der Waals surface area (Å²) in [5.41, 5.74) is 0.262. The van der Waals surface area contributed by atoms with Crippen LogP contribution in [0.5, 0.6) is 0 Å². The van der Waals surface area contributed by atoms with E-state index < -0.39 is 54.4 Å². The molecule has 0 amide bonds. The van der Waals surface area contributed by atoms with Gasteiger partial charge < -0.3 is 28.4 Å². The maximum Gasteiger partial charge on any atom is 0.376 e. The molecule has 17 nitrogen and oxygen atoms in total. The molecule has 0 bridgehead atoms. The number of ether oxygens (including phenoxy) is 6. The monoisotopic (exact) mass is 524 g/mol. The van der Waals surface area contributed by atoms with Gasteiger partial charge in [0.1, 0.15) is 25.0 Å². The molecule has 1 aliphatic rings. The van der Waals surface area contributed by atoms with Crippen LogP contribution in [0.4, 0.5) is 0 Å². The van der Waals surface area contributed by atoms with Gasteiger partial charge in [-0.15, -0.1) is 10.2 Å². The molecule has 0 radical (unpaired) electrons. The van der Waals surface area contributed by atoms with E-state index in [-0.39, 0.29) is 30.7 Å². The smallest absolute Gasteiger partial charge is 0.376 e. The highest BCUT2D eigenvalue weighted by atomic mass is 16.7. The van der Waals surface area contributed by atoms with Crippen LogP contribution >= 0.6 is 0 Å². The number of carbonyl (C=O) groups is 5. The summed E-state index contributed by atoms with van der Waals surface area (Å²) in [6.07, 6.45) is -3.66. The van der Waals surface area contributed by atoms with Crippen molar-refractivity contribution in [2.45, 2.75) is 58.8 Å². The standard InChI is InChI=1S/C20H24N6O11/c1-9(27)33-7-13-6-25(24-22-13)20-21-17(19(31)32-5)26(23-20)18-16(36-12(4)30)15(35-11(3)29)14(37-18)8-34-10(2)28/h6,14-16,18H,7-8H2,1-5H3/t14-,15-,16-,18-/m1/s1. The van der Waals surface area contributed by atoms with Gasteiger partial charge in [-0.2, -0.15) is 9.67 Å². The molecule has 0 spiro atoms. The molecule has 0 N–H and O–H groups in total. The lowest BCUT2D eigenvalue weighted by molar-refractivity contribution is -0.166. The van der Waals surface area contributed by atoms with Crippen LogP contribution < -0.4 is 0 Å². The highest BCUT2D eigenvalue weighted by molar-refractivity contribution is 5.85. The zero-order valence-electron chi connectivity index (χ0n) is 20.5. The third kappa shape index (κ3) is 6.63. The maximum absolute atomic E-state index is 12.5. The fraction of sp³-hybridized carbons (Fsp3) is 0.550. The van der Waals surface area contributed by atoms with E-state index in [1.165, 1.54) is 20.0 Å².